The zero-order chi connectivity index (χ0) is 15.2. The SMILES string of the molecule is CCO/N=C(\C#N)C(=O)NC(=O)NCCCCCC#N. The molecule has 0 unspecified atom stereocenters. The molecule has 0 heterocycles. The summed E-state index contributed by atoms with van der Waals surface area (Å²) in [5, 5.41) is 24.7. The topological polar surface area (TPSA) is 127 Å². The van der Waals surface area contributed by atoms with E-state index in [2.05, 4.69) is 15.3 Å². The van der Waals surface area contributed by atoms with Crippen molar-refractivity contribution < 1.29 is 14.4 Å². The molecule has 0 atom stereocenters. The fraction of sp³-hybridized carbons (Fsp3) is 0.583. The summed E-state index contributed by atoms with van der Waals surface area (Å²) in [7, 11) is 0. The van der Waals surface area contributed by atoms with Gasteiger partial charge in [0.2, 0.25) is 5.71 Å². The zero-order valence-electron chi connectivity index (χ0n) is 11.3. The van der Waals surface area contributed by atoms with E-state index in [0.29, 0.717) is 19.4 Å². The lowest BCUT2D eigenvalue weighted by Gasteiger charge is -2.05. The molecule has 0 rings (SSSR count). The zero-order valence-corrected chi connectivity index (χ0v) is 11.3. The highest BCUT2D eigenvalue weighted by Crippen LogP contribution is 1.96. The summed E-state index contributed by atoms with van der Waals surface area (Å²) in [6.07, 6.45) is 2.79. The summed E-state index contributed by atoms with van der Waals surface area (Å²) in [6, 6.07) is 2.86. The van der Waals surface area contributed by atoms with Gasteiger partial charge in [-0.1, -0.05) is 11.6 Å². The van der Waals surface area contributed by atoms with E-state index in [1.807, 2.05) is 11.4 Å². The van der Waals surface area contributed by atoms with Crippen molar-refractivity contribution in [2.24, 2.45) is 5.16 Å². The van der Waals surface area contributed by atoms with E-state index in [0.717, 1.165) is 12.8 Å². The smallest absolute Gasteiger partial charge is 0.321 e. The van der Waals surface area contributed by atoms with E-state index in [1.165, 1.54) is 6.07 Å². The van der Waals surface area contributed by atoms with Crippen LogP contribution in [0.25, 0.3) is 0 Å². The first-order valence-electron chi connectivity index (χ1n) is 6.21. The maximum Gasteiger partial charge on any atom is 0.321 e. The number of oxime groups is 1. The van der Waals surface area contributed by atoms with Crippen molar-refractivity contribution in [3.8, 4) is 12.1 Å². The van der Waals surface area contributed by atoms with Gasteiger partial charge in [0.15, 0.2) is 0 Å². The summed E-state index contributed by atoms with van der Waals surface area (Å²) < 4.78 is 0. The van der Waals surface area contributed by atoms with Crippen molar-refractivity contribution in [1.82, 2.24) is 10.6 Å². The number of imide groups is 1. The lowest BCUT2D eigenvalue weighted by atomic mass is 10.2. The Morgan fingerprint density at radius 3 is 2.60 bits per heavy atom. The van der Waals surface area contributed by atoms with Crippen molar-refractivity contribution in [1.29, 1.82) is 10.5 Å². The summed E-state index contributed by atoms with van der Waals surface area (Å²) in [5.74, 6) is -0.914. The van der Waals surface area contributed by atoms with Crippen LogP contribution in [0, 0.1) is 22.7 Å². The average molecular weight is 279 g/mol. The van der Waals surface area contributed by atoms with Crippen molar-refractivity contribution in [3.63, 3.8) is 0 Å². The van der Waals surface area contributed by atoms with Gasteiger partial charge in [0, 0.05) is 13.0 Å². The van der Waals surface area contributed by atoms with E-state index >= 15 is 0 Å². The van der Waals surface area contributed by atoms with Gasteiger partial charge in [0.05, 0.1) is 6.07 Å². The molecule has 0 aromatic heterocycles. The molecule has 0 radical (unpaired) electrons. The minimum absolute atomic E-state index is 0.216. The van der Waals surface area contributed by atoms with E-state index in [1.54, 1.807) is 6.92 Å². The number of carbonyl (C=O) groups excluding carboxylic acids is 2. The fourth-order valence-corrected chi connectivity index (χ4v) is 1.16. The van der Waals surface area contributed by atoms with Gasteiger partial charge in [-0.3, -0.25) is 10.1 Å². The number of hydrogen-bond acceptors (Lipinski definition) is 6. The third-order valence-corrected chi connectivity index (χ3v) is 2.08. The minimum atomic E-state index is -0.914. The number of nitrogens with one attached hydrogen (secondary N) is 2. The van der Waals surface area contributed by atoms with Crippen LogP contribution in [-0.4, -0.2) is 30.8 Å². The lowest BCUT2D eigenvalue weighted by Crippen LogP contribution is -2.42. The third-order valence-electron chi connectivity index (χ3n) is 2.08. The standard InChI is InChI=1S/C12H17N5O3/c1-2-20-17-10(9-14)11(18)16-12(19)15-8-6-4-3-5-7-13/h2-6,8H2,1H3,(H2,15,16,18,19)/b17-10+. The van der Waals surface area contributed by atoms with Crippen LogP contribution in [0.15, 0.2) is 5.16 Å². The molecule has 0 saturated heterocycles. The fourth-order valence-electron chi connectivity index (χ4n) is 1.16. The monoisotopic (exact) mass is 279 g/mol. The molecule has 0 aliphatic rings. The lowest BCUT2D eigenvalue weighted by molar-refractivity contribution is -0.113. The summed E-state index contributed by atoms with van der Waals surface area (Å²) in [4.78, 5) is 27.3. The molecule has 0 aromatic rings. The highest BCUT2D eigenvalue weighted by Gasteiger charge is 2.14. The molecule has 8 nitrogen and oxygen atoms in total. The van der Waals surface area contributed by atoms with Crippen LogP contribution in [0.1, 0.15) is 32.6 Å². The molecule has 0 fully saturated rings. The highest BCUT2D eigenvalue weighted by molar-refractivity contribution is 6.46. The predicted octanol–water partition coefficient (Wildman–Crippen LogP) is 0.812. The van der Waals surface area contributed by atoms with Gasteiger partial charge in [-0.05, 0) is 19.8 Å². The Bertz CT molecular complexity index is 433. The predicted molar refractivity (Wildman–Crippen MR) is 70.3 cm³/mol. The summed E-state index contributed by atoms with van der Waals surface area (Å²) >= 11 is 0. The second-order valence-corrected chi connectivity index (χ2v) is 3.65. The van der Waals surface area contributed by atoms with Gasteiger partial charge < -0.3 is 10.2 Å². The van der Waals surface area contributed by atoms with Gasteiger partial charge in [-0.2, -0.15) is 10.5 Å². The summed E-state index contributed by atoms with van der Waals surface area (Å²) in [5.41, 5.74) is -0.518. The van der Waals surface area contributed by atoms with Gasteiger partial charge in [0.25, 0.3) is 5.91 Å². The number of nitriles is 2. The van der Waals surface area contributed by atoms with Gasteiger partial charge in [-0.15, -0.1) is 0 Å². The van der Waals surface area contributed by atoms with Crippen molar-refractivity contribution >= 4 is 17.6 Å². The Hall–Kier alpha value is -2.61. The van der Waals surface area contributed by atoms with Crippen LogP contribution in [-0.2, 0) is 9.63 Å². The summed E-state index contributed by atoms with van der Waals surface area (Å²) in [6.45, 7) is 2.25. The first kappa shape index (κ1) is 17.4. The Morgan fingerprint density at radius 1 is 1.25 bits per heavy atom. The quantitative estimate of drug-likeness (QED) is 0.386. The number of urea groups is 1. The molecule has 0 aliphatic heterocycles. The number of unbranched alkanes of at least 4 members (excludes halogenated alkanes) is 3. The Balaban J connectivity index is 3.94. The Kier molecular flexibility index (Phi) is 9.98. The molecule has 20 heavy (non-hydrogen) atoms. The molecule has 0 spiro atoms. The van der Waals surface area contributed by atoms with Crippen LogP contribution < -0.4 is 10.6 Å². The van der Waals surface area contributed by atoms with Crippen LogP contribution in [0.3, 0.4) is 0 Å². The molecule has 3 amide bonds. The highest BCUT2D eigenvalue weighted by atomic mass is 16.6. The number of carbonyl (C=O) groups is 2. The Morgan fingerprint density at radius 2 is 2.00 bits per heavy atom. The van der Waals surface area contributed by atoms with Gasteiger partial charge in [0.1, 0.15) is 12.7 Å². The molecule has 2 N–H and O–H groups in total. The molecule has 0 bridgehead atoms. The van der Waals surface area contributed by atoms with E-state index in [4.69, 9.17) is 10.5 Å². The molecule has 0 aliphatic carbocycles. The molecular weight excluding hydrogens is 262 g/mol. The maximum absolute atomic E-state index is 11.4. The number of hydrogen-bond donors (Lipinski definition) is 2. The van der Waals surface area contributed by atoms with Crippen LogP contribution >= 0.6 is 0 Å². The first-order valence-corrected chi connectivity index (χ1v) is 6.21. The Labute approximate surface area is 117 Å². The van der Waals surface area contributed by atoms with Crippen molar-refractivity contribution in [3.05, 3.63) is 0 Å². The van der Waals surface area contributed by atoms with Crippen LogP contribution in [0.2, 0.25) is 0 Å². The largest absolute Gasteiger partial charge is 0.395 e. The normalized spacial score (nSPS) is 10.1. The number of nitrogens with zero attached hydrogens (tertiary/aromatic N) is 3. The molecule has 0 aromatic carbocycles. The number of rotatable bonds is 8. The molecular formula is C12H17N5O3. The van der Waals surface area contributed by atoms with Crippen LogP contribution in [0.4, 0.5) is 4.79 Å². The third kappa shape index (κ3) is 8.48. The van der Waals surface area contributed by atoms with Crippen molar-refractivity contribution in [2.75, 3.05) is 13.2 Å². The van der Waals surface area contributed by atoms with Gasteiger partial charge >= 0.3 is 6.03 Å². The van der Waals surface area contributed by atoms with Gasteiger partial charge in [-0.25, -0.2) is 4.79 Å². The molecule has 108 valence electrons. The molecule has 8 heteroatoms. The average Bonchev–Trinajstić information content (AvgIpc) is 2.43. The molecule has 0 saturated carbocycles. The first-order chi connectivity index (χ1) is 9.65. The van der Waals surface area contributed by atoms with E-state index in [-0.39, 0.29) is 6.61 Å². The van der Waals surface area contributed by atoms with E-state index in [9.17, 15) is 9.59 Å². The van der Waals surface area contributed by atoms with Crippen molar-refractivity contribution in [2.45, 2.75) is 32.6 Å². The minimum Gasteiger partial charge on any atom is -0.395 e. The second-order valence-electron chi connectivity index (χ2n) is 3.65. The maximum atomic E-state index is 11.4. The second kappa shape index (κ2) is 11.5. The van der Waals surface area contributed by atoms with E-state index < -0.39 is 17.6 Å². The number of amides is 3. The van der Waals surface area contributed by atoms with Crippen LogP contribution in [0.5, 0.6) is 0 Å².